The number of nitrogens with zero attached hydrogens (tertiary/aromatic N) is 4. The van der Waals surface area contributed by atoms with Crippen molar-refractivity contribution in [1.29, 1.82) is 0 Å². The molecule has 1 aliphatic rings. The summed E-state index contributed by atoms with van der Waals surface area (Å²) in [6, 6.07) is 8.29. The van der Waals surface area contributed by atoms with Crippen molar-refractivity contribution < 1.29 is 27.4 Å². The molecule has 0 spiro atoms. The summed E-state index contributed by atoms with van der Waals surface area (Å²) >= 11 is 1.73. The Balaban J connectivity index is 1.23. The third-order valence-electron chi connectivity index (χ3n) is 5.41. The van der Waals surface area contributed by atoms with E-state index in [1.54, 1.807) is 47.1 Å². The summed E-state index contributed by atoms with van der Waals surface area (Å²) in [5.74, 6) is 2.22. The number of carbonyl (C=O) groups excluding carboxylic acids is 1. The summed E-state index contributed by atoms with van der Waals surface area (Å²) in [5.41, 5.74) is -0.849. The van der Waals surface area contributed by atoms with Crippen molar-refractivity contribution in [3.8, 4) is 17.4 Å². The molecular weight excluding hydrogens is 469 g/mol. The van der Waals surface area contributed by atoms with Crippen LogP contribution in [-0.2, 0) is 13.2 Å². The number of imidazole rings is 1. The highest BCUT2D eigenvalue weighted by molar-refractivity contribution is 7.99. The molecule has 0 radical (unpaired) electrons. The molecule has 0 atom stereocenters. The first-order valence-electron chi connectivity index (χ1n) is 10.7. The zero-order valence-electron chi connectivity index (χ0n) is 18.4. The maximum Gasteiger partial charge on any atom is 0.417 e. The van der Waals surface area contributed by atoms with Crippen molar-refractivity contribution in [1.82, 2.24) is 19.4 Å². The quantitative estimate of drug-likeness (QED) is 0.416. The van der Waals surface area contributed by atoms with Gasteiger partial charge >= 0.3 is 12.3 Å². The van der Waals surface area contributed by atoms with Gasteiger partial charge in [-0.15, -0.1) is 0 Å². The number of hydrogen-bond acceptors (Lipinski definition) is 6. The lowest BCUT2D eigenvalue weighted by Crippen LogP contribution is -2.40. The third kappa shape index (κ3) is 6.22. The number of likely N-dealkylation sites (tertiary alicyclic amines) is 1. The predicted octanol–water partition coefficient (Wildman–Crippen LogP) is 5.63. The highest BCUT2D eigenvalue weighted by atomic mass is 32.2. The van der Waals surface area contributed by atoms with E-state index >= 15 is 0 Å². The Morgan fingerprint density at radius 3 is 2.38 bits per heavy atom. The number of halogens is 3. The van der Waals surface area contributed by atoms with Gasteiger partial charge in [0.1, 0.15) is 11.5 Å². The van der Waals surface area contributed by atoms with Gasteiger partial charge in [-0.05, 0) is 49.1 Å². The molecule has 1 fully saturated rings. The van der Waals surface area contributed by atoms with Crippen molar-refractivity contribution >= 4 is 17.9 Å². The second-order valence-corrected chi connectivity index (χ2v) is 8.87. The minimum absolute atomic E-state index is 0.0293. The number of hydrogen-bond donors (Lipinski definition) is 0. The first kappa shape index (κ1) is 23.9. The van der Waals surface area contributed by atoms with E-state index < -0.39 is 17.8 Å². The normalized spacial score (nSPS) is 14.8. The maximum atomic E-state index is 12.6. The van der Waals surface area contributed by atoms with Gasteiger partial charge in [0.25, 0.3) is 0 Å². The first-order valence-corrected chi connectivity index (χ1v) is 11.6. The molecule has 34 heavy (non-hydrogen) atoms. The topological polar surface area (TPSA) is 69.5 Å². The van der Waals surface area contributed by atoms with E-state index in [9.17, 15) is 18.0 Å². The van der Waals surface area contributed by atoms with E-state index in [-0.39, 0.29) is 5.88 Å². The van der Waals surface area contributed by atoms with E-state index in [0.29, 0.717) is 36.7 Å². The highest BCUT2D eigenvalue weighted by Gasteiger charge is 2.30. The van der Waals surface area contributed by atoms with E-state index in [2.05, 4.69) is 9.97 Å². The second kappa shape index (κ2) is 10.4. The molecule has 180 valence electrons. The SMILES string of the molecule is Cn1ccnc1SCC1CCN(C(=O)Oc2ccc(Oc3ccc(C(F)(F)F)cn3)cc2)CC1. The largest absolute Gasteiger partial charge is 0.439 e. The molecule has 2 aromatic heterocycles. The van der Waals surface area contributed by atoms with Crippen LogP contribution < -0.4 is 9.47 Å². The molecule has 0 saturated carbocycles. The Morgan fingerprint density at radius 2 is 1.79 bits per heavy atom. The molecule has 4 rings (SSSR count). The highest BCUT2D eigenvalue weighted by Crippen LogP contribution is 2.30. The van der Waals surface area contributed by atoms with Gasteiger partial charge < -0.3 is 18.9 Å². The number of piperidine rings is 1. The second-order valence-electron chi connectivity index (χ2n) is 7.89. The van der Waals surface area contributed by atoms with E-state index in [1.165, 1.54) is 0 Å². The van der Waals surface area contributed by atoms with Crippen LogP contribution in [0, 0.1) is 5.92 Å². The number of thioether (sulfide) groups is 1. The van der Waals surface area contributed by atoms with Gasteiger partial charge in [-0.2, -0.15) is 13.2 Å². The molecule has 3 heterocycles. The molecule has 1 aliphatic heterocycles. The first-order chi connectivity index (χ1) is 16.3. The molecule has 0 unspecified atom stereocenters. The number of benzene rings is 1. The van der Waals surface area contributed by atoms with Crippen LogP contribution in [0.4, 0.5) is 18.0 Å². The summed E-state index contributed by atoms with van der Waals surface area (Å²) in [4.78, 5) is 22.2. The van der Waals surface area contributed by atoms with Crippen molar-refractivity contribution in [2.24, 2.45) is 13.0 Å². The zero-order chi connectivity index (χ0) is 24.1. The Kier molecular flexibility index (Phi) is 7.30. The fraction of sp³-hybridized carbons (Fsp3) is 0.348. The maximum absolute atomic E-state index is 12.6. The molecule has 0 bridgehead atoms. The molecule has 0 aliphatic carbocycles. The Labute approximate surface area is 198 Å². The molecule has 1 saturated heterocycles. The molecule has 1 amide bonds. The van der Waals surface area contributed by atoms with Crippen LogP contribution in [0.15, 0.2) is 60.1 Å². The van der Waals surface area contributed by atoms with Gasteiger partial charge in [0.15, 0.2) is 5.16 Å². The van der Waals surface area contributed by atoms with E-state index in [1.807, 2.05) is 17.8 Å². The van der Waals surface area contributed by atoms with Gasteiger partial charge in [-0.3, -0.25) is 0 Å². The predicted molar refractivity (Wildman–Crippen MR) is 120 cm³/mol. The minimum Gasteiger partial charge on any atom is -0.439 e. The van der Waals surface area contributed by atoms with Crippen LogP contribution in [0.3, 0.4) is 0 Å². The fourth-order valence-electron chi connectivity index (χ4n) is 3.44. The minimum atomic E-state index is -4.45. The van der Waals surface area contributed by atoms with Crippen LogP contribution >= 0.6 is 11.8 Å². The lowest BCUT2D eigenvalue weighted by Gasteiger charge is -2.31. The zero-order valence-corrected chi connectivity index (χ0v) is 19.2. The van der Waals surface area contributed by atoms with E-state index in [4.69, 9.17) is 9.47 Å². The van der Waals surface area contributed by atoms with Gasteiger partial charge in [-0.25, -0.2) is 14.8 Å². The fourth-order valence-corrected chi connectivity index (χ4v) is 4.55. The molecule has 3 aromatic rings. The lowest BCUT2D eigenvalue weighted by molar-refractivity contribution is -0.137. The van der Waals surface area contributed by atoms with Crippen LogP contribution in [-0.4, -0.2) is 44.4 Å². The standard InChI is InChI=1S/C23H23F3N4O3S/c1-29-13-10-27-21(29)34-15-16-8-11-30(12-9-16)22(31)33-19-5-3-18(4-6-19)32-20-7-2-17(14-28-20)23(24,25)26/h2-7,10,13-14,16H,8-9,11-12,15H2,1H3. The number of aromatic nitrogens is 3. The van der Waals surface area contributed by atoms with Gasteiger partial charge in [0.05, 0.1) is 5.56 Å². The van der Waals surface area contributed by atoms with Crippen LogP contribution in [0.5, 0.6) is 17.4 Å². The summed E-state index contributed by atoms with van der Waals surface area (Å²) in [5, 5.41) is 0.989. The molecule has 7 nitrogen and oxygen atoms in total. The molecule has 1 aromatic carbocycles. The number of amides is 1. The average Bonchev–Trinajstić information content (AvgIpc) is 3.23. The smallest absolute Gasteiger partial charge is 0.417 e. The number of ether oxygens (including phenoxy) is 2. The molecule has 0 N–H and O–H groups in total. The monoisotopic (exact) mass is 492 g/mol. The van der Waals surface area contributed by atoms with Crippen molar-refractivity contribution in [2.45, 2.75) is 24.2 Å². The lowest BCUT2D eigenvalue weighted by atomic mass is 9.99. The van der Waals surface area contributed by atoms with E-state index in [0.717, 1.165) is 35.9 Å². The summed E-state index contributed by atoms with van der Waals surface area (Å²) in [6.07, 6.45) is 1.36. The van der Waals surface area contributed by atoms with Crippen LogP contribution in [0.1, 0.15) is 18.4 Å². The number of rotatable bonds is 6. The number of carbonyl (C=O) groups is 1. The van der Waals surface area contributed by atoms with Crippen molar-refractivity contribution in [2.75, 3.05) is 18.8 Å². The van der Waals surface area contributed by atoms with Gasteiger partial charge in [0, 0.05) is 50.5 Å². The number of alkyl halides is 3. The Bertz CT molecular complexity index is 1100. The van der Waals surface area contributed by atoms with Crippen molar-refractivity contribution in [3.05, 3.63) is 60.6 Å². The van der Waals surface area contributed by atoms with Crippen molar-refractivity contribution in [3.63, 3.8) is 0 Å². The summed E-state index contributed by atoms with van der Waals surface area (Å²) < 4.78 is 50.8. The summed E-state index contributed by atoms with van der Waals surface area (Å²) in [6.45, 7) is 1.26. The number of pyridine rings is 1. The Morgan fingerprint density at radius 1 is 1.09 bits per heavy atom. The average molecular weight is 493 g/mol. The van der Waals surface area contributed by atoms with Gasteiger partial charge in [-0.1, -0.05) is 11.8 Å². The third-order valence-corrected chi connectivity index (χ3v) is 6.70. The number of aryl methyl sites for hydroxylation is 1. The van der Waals surface area contributed by atoms with Crippen LogP contribution in [0.25, 0.3) is 0 Å². The molecule has 11 heteroatoms. The molecular formula is C23H23F3N4O3S. The summed E-state index contributed by atoms with van der Waals surface area (Å²) in [7, 11) is 1.97. The van der Waals surface area contributed by atoms with Gasteiger partial charge in [0.2, 0.25) is 5.88 Å². The van der Waals surface area contributed by atoms with Crippen LogP contribution in [0.2, 0.25) is 0 Å². The Hall–Kier alpha value is -3.21.